The number of hydrogen-bond acceptors (Lipinski definition) is 7. The van der Waals surface area contributed by atoms with E-state index in [9.17, 15) is 23.4 Å². The lowest BCUT2D eigenvalue weighted by Gasteiger charge is -2.64. The zero-order valence-corrected chi connectivity index (χ0v) is 24.7. The van der Waals surface area contributed by atoms with E-state index in [2.05, 4.69) is 25.9 Å². The Bertz CT molecular complexity index is 1160. The number of carbonyl (C=O) groups is 1. The number of aliphatic hydroxyl groups is 2. The van der Waals surface area contributed by atoms with E-state index in [1.54, 1.807) is 7.05 Å². The van der Waals surface area contributed by atoms with Gasteiger partial charge in [0.2, 0.25) is 0 Å². The molecule has 0 radical (unpaired) electrons. The standard InChI is InChI=1S/C29H47N3O6S/c1-5-21-24-15-19(33)10-12-29(24,3)23-11-13-28(2)18(8-9-22(28)25(23)26(21)34)7-6-14-38-27(35)31-39(36,37)20-16-30-32(4)17-20/h16-19,21-26,33-34H,5-15H2,1-4H3,(H,31,35)/t18-,19+,21+,22-,23-,24-,25-,26+,28+,29+/m0/s1. The number of nitrogens with zero attached hydrogens (tertiary/aromatic N) is 2. The summed E-state index contributed by atoms with van der Waals surface area (Å²) in [5, 5.41) is 26.1. The van der Waals surface area contributed by atoms with Crippen LogP contribution in [-0.2, 0) is 21.8 Å². The fraction of sp³-hybridized carbons (Fsp3) is 0.862. The molecule has 1 aromatic heterocycles. The van der Waals surface area contributed by atoms with Crippen molar-refractivity contribution in [1.82, 2.24) is 14.5 Å². The molecule has 1 heterocycles. The van der Waals surface area contributed by atoms with Crippen LogP contribution in [0.25, 0.3) is 0 Å². The lowest BCUT2D eigenvalue weighted by Crippen LogP contribution is -2.62. The molecule has 0 spiro atoms. The van der Waals surface area contributed by atoms with Crippen molar-refractivity contribution in [3.05, 3.63) is 12.4 Å². The van der Waals surface area contributed by atoms with Gasteiger partial charge in [-0.2, -0.15) is 5.10 Å². The van der Waals surface area contributed by atoms with Crippen molar-refractivity contribution in [1.29, 1.82) is 0 Å². The summed E-state index contributed by atoms with van der Waals surface area (Å²) in [6.45, 7) is 7.25. The second-order valence-corrected chi connectivity index (χ2v) is 15.1. The monoisotopic (exact) mass is 565 g/mol. The van der Waals surface area contributed by atoms with Crippen molar-refractivity contribution in [2.75, 3.05) is 6.61 Å². The van der Waals surface area contributed by atoms with Crippen molar-refractivity contribution in [2.45, 2.75) is 102 Å². The predicted octanol–water partition coefficient (Wildman–Crippen LogP) is 4.24. The van der Waals surface area contributed by atoms with Gasteiger partial charge in [-0.15, -0.1) is 0 Å². The maximum absolute atomic E-state index is 12.3. The molecule has 9 nitrogen and oxygen atoms in total. The summed E-state index contributed by atoms with van der Waals surface area (Å²) in [5.41, 5.74) is 0.351. The number of amides is 1. The molecule has 10 atom stereocenters. The molecule has 4 fully saturated rings. The molecule has 4 aliphatic rings. The Kier molecular flexibility index (Phi) is 7.87. The van der Waals surface area contributed by atoms with Gasteiger partial charge >= 0.3 is 6.09 Å². The van der Waals surface area contributed by atoms with Gasteiger partial charge in [-0.3, -0.25) is 4.68 Å². The highest BCUT2D eigenvalue weighted by atomic mass is 32.2. The summed E-state index contributed by atoms with van der Waals surface area (Å²) in [5.74, 6) is 2.47. The molecule has 1 aromatic rings. The minimum Gasteiger partial charge on any atom is -0.449 e. The van der Waals surface area contributed by atoms with Gasteiger partial charge < -0.3 is 14.9 Å². The topological polar surface area (TPSA) is 131 Å². The maximum atomic E-state index is 12.3. The highest BCUT2D eigenvalue weighted by Crippen LogP contribution is 2.69. The molecule has 4 saturated carbocycles. The van der Waals surface area contributed by atoms with Crippen molar-refractivity contribution >= 4 is 16.1 Å². The lowest BCUT2D eigenvalue weighted by molar-refractivity contribution is -0.202. The van der Waals surface area contributed by atoms with Crippen LogP contribution in [0.3, 0.4) is 0 Å². The molecule has 5 rings (SSSR count). The Hall–Kier alpha value is -1.65. The fourth-order valence-corrected chi connectivity index (χ4v) is 10.6. The third-order valence-corrected chi connectivity index (χ3v) is 13.0. The second kappa shape index (κ2) is 10.6. The molecule has 0 aliphatic heterocycles. The number of rotatable bonds is 7. The van der Waals surface area contributed by atoms with Crippen molar-refractivity contribution in [3.63, 3.8) is 0 Å². The van der Waals surface area contributed by atoms with Gasteiger partial charge in [-0.1, -0.05) is 27.2 Å². The molecular formula is C29H47N3O6S. The van der Waals surface area contributed by atoms with Crippen LogP contribution in [0.2, 0.25) is 0 Å². The number of ether oxygens (including phenoxy) is 1. The second-order valence-electron chi connectivity index (χ2n) is 13.4. The van der Waals surface area contributed by atoms with Gasteiger partial charge in [0.25, 0.3) is 10.0 Å². The van der Waals surface area contributed by atoms with Crippen LogP contribution in [0.5, 0.6) is 0 Å². The van der Waals surface area contributed by atoms with Crippen molar-refractivity contribution in [2.24, 2.45) is 53.4 Å². The molecule has 3 N–H and O–H groups in total. The minimum absolute atomic E-state index is 0.0812. The summed E-state index contributed by atoms with van der Waals surface area (Å²) in [4.78, 5) is 12.1. The average molecular weight is 566 g/mol. The van der Waals surface area contributed by atoms with Gasteiger partial charge in [-0.05, 0) is 104 Å². The summed E-state index contributed by atoms with van der Waals surface area (Å²) in [7, 11) is -2.40. The van der Waals surface area contributed by atoms with Crippen molar-refractivity contribution in [3.8, 4) is 0 Å². The normalized spacial score (nSPS) is 41.8. The Morgan fingerprint density at radius 3 is 2.54 bits per heavy atom. The Labute approximate surface area is 233 Å². The molecule has 39 heavy (non-hydrogen) atoms. The van der Waals surface area contributed by atoms with Crippen LogP contribution in [0.15, 0.2) is 17.3 Å². The molecule has 0 aromatic carbocycles. The summed E-state index contributed by atoms with van der Waals surface area (Å²) >= 11 is 0. The van der Waals surface area contributed by atoms with Crippen LogP contribution in [0, 0.1) is 46.3 Å². The molecule has 1 amide bonds. The van der Waals surface area contributed by atoms with E-state index in [0.717, 1.165) is 57.8 Å². The third kappa shape index (κ3) is 5.03. The largest absolute Gasteiger partial charge is 0.449 e. The molecule has 0 saturated heterocycles. The highest BCUT2D eigenvalue weighted by molar-refractivity contribution is 7.90. The van der Waals surface area contributed by atoms with E-state index in [-0.39, 0.29) is 40.5 Å². The van der Waals surface area contributed by atoms with Crippen molar-refractivity contribution < 1.29 is 28.2 Å². The molecule has 4 aliphatic carbocycles. The average Bonchev–Trinajstić information content (AvgIpc) is 3.46. The predicted molar refractivity (Wildman–Crippen MR) is 146 cm³/mol. The maximum Gasteiger partial charge on any atom is 0.421 e. The molecule has 10 heteroatoms. The molecule has 0 bridgehead atoms. The lowest BCUT2D eigenvalue weighted by atomic mass is 9.41. The van der Waals surface area contributed by atoms with Crippen LogP contribution in [-0.4, -0.2) is 53.3 Å². The number of hydrogen-bond donors (Lipinski definition) is 3. The Balaban J connectivity index is 1.19. The van der Waals surface area contributed by atoms with Crippen LogP contribution in [0.4, 0.5) is 4.79 Å². The zero-order chi connectivity index (χ0) is 28.2. The van der Waals surface area contributed by atoms with E-state index in [0.29, 0.717) is 36.0 Å². The molecule has 220 valence electrons. The smallest absolute Gasteiger partial charge is 0.421 e. The Morgan fingerprint density at radius 1 is 1.13 bits per heavy atom. The zero-order valence-electron chi connectivity index (χ0n) is 23.9. The first-order valence-electron chi connectivity index (χ1n) is 14.9. The number of fused-ring (bicyclic) bond motifs is 5. The number of nitrogens with one attached hydrogen (secondary N) is 1. The fourth-order valence-electron chi connectivity index (χ4n) is 9.77. The third-order valence-electron chi connectivity index (χ3n) is 11.7. The number of sulfonamides is 1. The Morgan fingerprint density at radius 2 is 1.85 bits per heavy atom. The number of aliphatic hydroxyl groups excluding tert-OH is 2. The van der Waals surface area contributed by atoms with Gasteiger partial charge in [0.1, 0.15) is 4.90 Å². The molecular weight excluding hydrogens is 518 g/mol. The van der Waals surface area contributed by atoms with E-state index >= 15 is 0 Å². The SMILES string of the molecule is CC[C@H]1[C@@H](O)[C@@H]2[C@H](CC[C@]3(C)[C@@H](CCCOC(=O)NS(=O)(=O)c4cnn(C)c4)CC[C@@H]23)[C@@]2(C)CC[C@@H](O)C[C@@H]12. The first-order valence-corrected chi connectivity index (χ1v) is 16.4. The van der Waals surface area contributed by atoms with E-state index in [1.165, 1.54) is 17.1 Å². The van der Waals surface area contributed by atoms with Crippen LogP contribution >= 0.6 is 0 Å². The van der Waals surface area contributed by atoms with E-state index < -0.39 is 16.1 Å². The number of aromatic nitrogens is 2. The summed E-state index contributed by atoms with van der Waals surface area (Å²) in [6, 6.07) is 0. The number of carbonyl (C=O) groups excluding carboxylic acids is 1. The van der Waals surface area contributed by atoms with E-state index in [1.807, 2.05) is 4.72 Å². The minimum atomic E-state index is -4.00. The summed E-state index contributed by atoms with van der Waals surface area (Å²) in [6.07, 6.45) is 10.9. The van der Waals surface area contributed by atoms with Gasteiger partial charge in [0.05, 0.1) is 25.0 Å². The molecule has 0 unspecified atom stereocenters. The van der Waals surface area contributed by atoms with Crippen LogP contribution in [0.1, 0.15) is 85.0 Å². The van der Waals surface area contributed by atoms with E-state index in [4.69, 9.17) is 4.74 Å². The first-order chi connectivity index (χ1) is 18.4. The van der Waals surface area contributed by atoms with Gasteiger partial charge in [0.15, 0.2) is 0 Å². The first kappa shape index (κ1) is 28.9. The number of aryl methyl sites for hydroxylation is 1. The van der Waals surface area contributed by atoms with Gasteiger partial charge in [-0.25, -0.2) is 17.9 Å². The highest BCUT2D eigenvalue weighted by Gasteiger charge is 2.64. The van der Waals surface area contributed by atoms with Crippen LogP contribution < -0.4 is 4.72 Å². The van der Waals surface area contributed by atoms with Gasteiger partial charge in [0, 0.05) is 13.2 Å². The quantitative estimate of drug-likeness (QED) is 0.422. The summed E-state index contributed by atoms with van der Waals surface area (Å²) < 4.78 is 33.2.